The van der Waals surface area contributed by atoms with Gasteiger partial charge in [0.1, 0.15) is 19.8 Å². The predicted molar refractivity (Wildman–Crippen MR) is 120 cm³/mol. The van der Waals surface area contributed by atoms with Crippen LogP contribution in [0.25, 0.3) is 0 Å². The van der Waals surface area contributed by atoms with Gasteiger partial charge in [-0.15, -0.1) is 0 Å². The first-order valence-corrected chi connectivity index (χ1v) is 10.9. The third-order valence-corrected chi connectivity index (χ3v) is 5.48. The first-order chi connectivity index (χ1) is 15.7. The van der Waals surface area contributed by atoms with Crippen LogP contribution in [-0.2, 0) is 11.3 Å². The Hall–Kier alpha value is -3.19. The molecule has 1 atom stereocenters. The molecule has 0 spiro atoms. The Kier molecular flexibility index (Phi) is 7.17. The second-order valence-corrected chi connectivity index (χ2v) is 7.76. The molecule has 170 valence electrons. The summed E-state index contributed by atoms with van der Waals surface area (Å²) in [6.07, 6.45) is 3.68. The summed E-state index contributed by atoms with van der Waals surface area (Å²) in [7, 11) is 1.60. The topological polar surface area (TPSA) is 66.5 Å². The molecule has 2 aromatic rings. The minimum atomic E-state index is -0.0802. The van der Waals surface area contributed by atoms with Gasteiger partial charge in [-0.3, -0.25) is 4.79 Å². The number of carbonyl (C=O) groups excluding carboxylic acids is 1. The standard InChI is InChI=1S/C25H29NO6/c1-3-10-30-21-8-6-18(14-23(21)28-2)16-26(17-20-5-4-11-29-20)25(27)19-7-9-22-24(15-19)32-13-12-31-22/h3,6-9,14-15,20H,1,4-5,10-13,16-17H2,2H3. The number of benzene rings is 2. The van der Waals surface area contributed by atoms with Gasteiger partial charge in [0.2, 0.25) is 0 Å². The molecule has 0 bridgehead atoms. The van der Waals surface area contributed by atoms with Crippen molar-refractivity contribution in [3.8, 4) is 23.0 Å². The highest BCUT2D eigenvalue weighted by Gasteiger charge is 2.25. The smallest absolute Gasteiger partial charge is 0.254 e. The first kappa shape index (κ1) is 22.0. The molecule has 0 radical (unpaired) electrons. The molecule has 7 heteroatoms. The Bertz CT molecular complexity index is 953. The van der Waals surface area contributed by atoms with Gasteiger partial charge in [0.15, 0.2) is 23.0 Å². The second-order valence-electron chi connectivity index (χ2n) is 7.76. The average molecular weight is 440 g/mol. The minimum absolute atomic E-state index is 0.0354. The fraction of sp³-hybridized carbons (Fsp3) is 0.400. The molecular formula is C25H29NO6. The van der Waals surface area contributed by atoms with Crippen molar-refractivity contribution in [2.75, 3.05) is 40.1 Å². The van der Waals surface area contributed by atoms with Crippen molar-refractivity contribution >= 4 is 5.91 Å². The Labute approximate surface area is 188 Å². The van der Waals surface area contributed by atoms with E-state index in [1.54, 1.807) is 31.4 Å². The fourth-order valence-electron chi connectivity index (χ4n) is 3.91. The molecule has 7 nitrogen and oxygen atoms in total. The van der Waals surface area contributed by atoms with Crippen molar-refractivity contribution < 1.29 is 28.5 Å². The van der Waals surface area contributed by atoms with Crippen molar-refractivity contribution in [1.29, 1.82) is 0 Å². The van der Waals surface area contributed by atoms with E-state index in [1.807, 2.05) is 23.1 Å². The second kappa shape index (κ2) is 10.4. The van der Waals surface area contributed by atoms with E-state index in [0.29, 0.717) is 61.5 Å². The number of hydrogen-bond acceptors (Lipinski definition) is 6. The third kappa shape index (κ3) is 5.16. The maximum Gasteiger partial charge on any atom is 0.254 e. The monoisotopic (exact) mass is 439 g/mol. The van der Waals surface area contributed by atoms with Gasteiger partial charge < -0.3 is 28.6 Å². The van der Waals surface area contributed by atoms with Crippen molar-refractivity contribution in [1.82, 2.24) is 4.90 Å². The fourth-order valence-corrected chi connectivity index (χ4v) is 3.91. The normalized spacial score (nSPS) is 17.0. The molecule has 1 amide bonds. The molecule has 0 saturated carbocycles. The average Bonchev–Trinajstić information content (AvgIpc) is 3.35. The van der Waals surface area contributed by atoms with E-state index in [1.165, 1.54) is 0 Å². The molecule has 2 aliphatic rings. The van der Waals surface area contributed by atoms with Crippen LogP contribution < -0.4 is 18.9 Å². The molecule has 0 aromatic heterocycles. The van der Waals surface area contributed by atoms with Crippen LogP contribution in [0.4, 0.5) is 0 Å². The number of amides is 1. The Morgan fingerprint density at radius 2 is 1.97 bits per heavy atom. The van der Waals surface area contributed by atoms with E-state index in [-0.39, 0.29) is 12.0 Å². The van der Waals surface area contributed by atoms with Gasteiger partial charge in [-0.05, 0) is 48.7 Å². The van der Waals surface area contributed by atoms with Gasteiger partial charge in [-0.2, -0.15) is 0 Å². The number of fused-ring (bicyclic) bond motifs is 1. The molecule has 1 fully saturated rings. The lowest BCUT2D eigenvalue weighted by atomic mass is 10.1. The van der Waals surface area contributed by atoms with E-state index in [0.717, 1.165) is 25.0 Å². The maximum absolute atomic E-state index is 13.5. The highest BCUT2D eigenvalue weighted by atomic mass is 16.6. The molecule has 1 saturated heterocycles. The summed E-state index contributed by atoms with van der Waals surface area (Å²) >= 11 is 0. The molecule has 4 rings (SSSR count). The number of hydrogen-bond donors (Lipinski definition) is 0. The molecule has 2 aliphatic heterocycles. The zero-order chi connectivity index (χ0) is 22.3. The van der Waals surface area contributed by atoms with Crippen LogP contribution in [0.5, 0.6) is 23.0 Å². The minimum Gasteiger partial charge on any atom is -0.493 e. The largest absolute Gasteiger partial charge is 0.493 e. The van der Waals surface area contributed by atoms with Gasteiger partial charge >= 0.3 is 0 Å². The lowest BCUT2D eigenvalue weighted by Gasteiger charge is -2.27. The van der Waals surface area contributed by atoms with Gasteiger partial charge in [-0.25, -0.2) is 0 Å². The Morgan fingerprint density at radius 3 is 2.72 bits per heavy atom. The van der Waals surface area contributed by atoms with E-state index in [9.17, 15) is 4.79 Å². The molecule has 1 unspecified atom stereocenters. The third-order valence-electron chi connectivity index (χ3n) is 5.48. The van der Waals surface area contributed by atoms with E-state index in [4.69, 9.17) is 23.7 Å². The van der Waals surface area contributed by atoms with Crippen LogP contribution in [0, 0.1) is 0 Å². The first-order valence-electron chi connectivity index (χ1n) is 10.9. The van der Waals surface area contributed by atoms with Crippen LogP contribution in [0.3, 0.4) is 0 Å². The lowest BCUT2D eigenvalue weighted by Crippen LogP contribution is -2.37. The number of carbonyl (C=O) groups is 1. The summed E-state index contributed by atoms with van der Waals surface area (Å²) < 4.78 is 28.2. The molecule has 32 heavy (non-hydrogen) atoms. The van der Waals surface area contributed by atoms with E-state index >= 15 is 0 Å². The zero-order valence-electron chi connectivity index (χ0n) is 18.4. The van der Waals surface area contributed by atoms with E-state index < -0.39 is 0 Å². The summed E-state index contributed by atoms with van der Waals surface area (Å²) in [5.41, 5.74) is 1.50. The van der Waals surface area contributed by atoms with Gasteiger partial charge in [0, 0.05) is 25.3 Å². The summed E-state index contributed by atoms with van der Waals surface area (Å²) in [4.78, 5) is 15.3. The van der Waals surface area contributed by atoms with Crippen LogP contribution in [0.15, 0.2) is 49.1 Å². The SMILES string of the molecule is C=CCOc1ccc(CN(CC2CCCO2)C(=O)c2ccc3c(c2)OCCO3)cc1OC. The lowest BCUT2D eigenvalue weighted by molar-refractivity contribution is 0.0506. The van der Waals surface area contributed by atoms with Crippen LogP contribution in [0.2, 0.25) is 0 Å². The van der Waals surface area contributed by atoms with Crippen molar-refractivity contribution in [3.63, 3.8) is 0 Å². The quantitative estimate of drug-likeness (QED) is 0.553. The molecule has 0 N–H and O–H groups in total. The van der Waals surface area contributed by atoms with Crippen molar-refractivity contribution in [2.45, 2.75) is 25.5 Å². The highest BCUT2D eigenvalue weighted by Crippen LogP contribution is 2.32. The number of rotatable bonds is 9. The molecule has 2 heterocycles. The van der Waals surface area contributed by atoms with Crippen molar-refractivity contribution in [3.05, 3.63) is 60.2 Å². The number of ether oxygens (including phenoxy) is 5. The maximum atomic E-state index is 13.5. The van der Waals surface area contributed by atoms with Crippen molar-refractivity contribution in [2.24, 2.45) is 0 Å². The van der Waals surface area contributed by atoms with Gasteiger partial charge in [0.25, 0.3) is 5.91 Å². The van der Waals surface area contributed by atoms with Gasteiger partial charge in [0.05, 0.1) is 13.2 Å². The Balaban J connectivity index is 1.56. The van der Waals surface area contributed by atoms with Crippen LogP contribution in [0.1, 0.15) is 28.8 Å². The zero-order valence-corrected chi connectivity index (χ0v) is 18.4. The number of methoxy groups -OCH3 is 1. The van der Waals surface area contributed by atoms with Crippen LogP contribution in [-0.4, -0.2) is 57.0 Å². The van der Waals surface area contributed by atoms with Crippen LogP contribution >= 0.6 is 0 Å². The summed E-state index contributed by atoms with van der Waals surface area (Å²) in [6.45, 7) is 6.73. The Morgan fingerprint density at radius 1 is 1.12 bits per heavy atom. The molecule has 2 aromatic carbocycles. The molecular weight excluding hydrogens is 410 g/mol. The van der Waals surface area contributed by atoms with Gasteiger partial charge in [-0.1, -0.05) is 18.7 Å². The van der Waals surface area contributed by atoms with E-state index in [2.05, 4.69) is 6.58 Å². The highest BCUT2D eigenvalue weighted by molar-refractivity contribution is 5.95. The number of nitrogens with zero attached hydrogens (tertiary/aromatic N) is 1. The summed E-state index contributed by atoms with van der Waals surface area (Å²) in [6, 6.07) is 11.0. The predicted octanol–water partition coefficient (Wildman–Crippen LogP) is 3.85. The summed E-state index contributed by atoms with van der Waals surface area (Å²) in [5, 5.41) is 0. The summed E-state index contributed by atoms with van der Waals surface area (Å²) in [5.74, 6) is 2.44. The molecule has 0 aliphatic carbocycles.